The minimum atomic E-state index is -2.72. The van der Waals surface area contributed by atoms with Gasteiger partial charge in [-0.3, -0.25) is 29.7 Å². The van der Waals surface area contributed by atoms with Gasteiger partial charge in [0.2, 0.25) is 17.8 Å². The number of piperidine rings is 2. The summed E-state index contributed by atoms with van der Waals surface area (Å²) >= 11 is 3.63. The van der Waals surface area contributed by atoms with Crippen molar-refractivity contribution in [2.45, 2.75) is 82.8 Å². The fourth-order valence-electron chi connectivity index (χ4n) is 10.2. The molecule has 0 spiro atoms. The highest BCUT2D eigenvalue weighted by molar-refractivity contribution is 9.10. The number of fused-ring (bicyclic) bond motifs is 1. The van der Waals surface area contributed by atoms with Crippen LogP contribution in [-0.2, 0) is 20.6 Å². The average molecular weight is 964 g/mol. The second kappa shape index (κ2) is 19.0. The number of hydrogen-bond donors (Lipinski definition) is 4. The number of hydrogen-bond acceptors (Lipinski definition) is 13. The number of ether oxygens (including phenoxy) is 1. The first-order valence-corrected chi connectivity index (χ1v) is 26.4. The molecule has 65 heavy (non-hydrogen) atoms. The molecular formula is C49H60BrN10O4P. The topological polar surface area (TPSA) is 157 Å². The lowest BCUT2D eigenvalue weighted by molar-refractivity contribution is -0.133. The van der Waals surface area contributed by atoms with Gasteiger partial charge in [-0.2, -0.15) is 4.98 Å². The first-order valence-electron chi connectivity index (χ1n) is 23.0. The summed E-state index contributed by atoms with van der Waals surface area (Å²) in [6, 6.07) is 21.5. The van der Waals surface area contributed by atoms with E-state index in [2.05, 4.69) is 105 Å². The van der Waals surface area contributed by atoms with Crippen LogP contribution in [0, 0.1) is 6.92 Å². The number of methoxy groups -OCH3 is 1. The van der Waals surface area contributed by atoms with E-state index in [4.69, 9.17) is 9.72 Å². The Kier molecular flexibility index (Phi) is 13.2. The smallest absolute Gasteiger partial charge is 0.249 e. The number of piperazine rings is 1. The second-order valence-electron chi connectivity index (χ2n) is 18.4. The van der Waals surface area contributed by atoms with Crippen LogP contribution in [0.3, 0.4) is 0 Å². The van der Waals surface area contributed by atoms with Crippen molar-refractivity contribution >= 4 is 85.6 Å². The average Bonchev–Trinajstić information content (AvgIpc) is 3.28. The second-order valence-corrected chi connectivity index (χ2v) is 22.4. The van der Waals surface area contributed by atoms with Gasteiger partial charge in [0.1, 0.15) is 24.8 Å². The van der Waals surface area contributed by atoms with Crippen LogP contribution in [0.2, 0.25) is 0 Å². The standard InChI is InChI=1S/C49H60BrN10O4P/c1-6-31-27-42(55-49-51-29-38(50)47(57-49)54-40-14-13-39-37(12-7-30(2)52-39)46(40)65(4,5)63)44(64-3)28-43(31)60-19-17-35(18-20-60)58-21-23-59(24-22-58)36-25-33(26-36)32-8-10-34(11-9-32)53-41-15-16-45(61)56-48(41)62/h7-14,27-29,33,35-36,41,53H,6,15-26H2,1-5H3,(H,56,61,62)(H2,51,54,55,57). The van der Waals surface area contributed by atoms with Crippen LogP contribution in [0.25, 0.3) is 10.9 Å². The third-order valence-corrected chi connectivity index (χ3v) is 15.9. The Labute approximate surface area is 390 Å². The Morgan fingerprint density at radius 1 is 0.862 bits per heavy atom. The van der Waals surface area contributed by atoms with Gasteiger partial charge in [-0.25, -0.2) is 4.98 Å². The number of carbonyl (C=O) groups is 2. The van der Waals surface area contributed by atoms with E-state index in [0.29, 0.717) is 47.1 Å². The van der Waals surface area contributed by atoms with Crippen molar-refractivity contribution < 1.29 is 18.9 Å². The molecule has 342 valence electrons. The summed E-state index contributed by atoms with van der Waals surface area (Å²) in [6.07, 6.45) is 8.13. The van der Waals surface area contributed by atoms with Crippen LogP contribution < -0.4 is 36.2 Å². The SMILES string of the molecule is CCc1cc(Nc2ncc(Br)c(Nc3ccc4nc(C)ccc4c3P(C)(C)=O)n2)c(OC)cc1N1CCC(N2CCN(C3CC(c4ccc(NC5CCC(=O)NC5=O)cc4)C3)CC2)CC1. The zero-order chi connectivity index (χ0) is 45.4. The number of aryl methyl sites for hydroxylation is 2. The minimum absolute atomic E-state index is 0.194. The van der Waals surface area contributed by atoms with Gasteiger partial charge in [0.05, 0.1) is 28.5 Å². The molecule has 3 aliphatic heterocycles. The lowest BCUT2D eigenvalue weighted by atomic mass is 9.75. The zero-order valence-electron chi connectivity index (χ0n) is 38.0. The molecule has 3 aromatic carbocycles. The monoisotopic (exact) mass is 962 g/mol. The molecule has 2 amide bonds. The van der Waals surface area contributed by atoms with E-state index in [1.807, 2.05) is 31.2 Å². The molecule has 14 nitrogen and oxygen atoms in total. The summed E-state index contributed by atoms with van der Waals surface area (Å²) < 4.78 is 20.3. The van der Waals surface area contributed by atoms with Gasteiger partial charge in [0, 0.05) is 97.8 Å². The number of anilines is 6. The van der Waals surface area contributed by atoms with Crippen LogP contribution in [0.1, 0.15) is 68.2 Å². The molecule has 1 aliphatic carbocycles. The van der Waals surface area contributed by atoms with E-state index < -0.39 is 7.14 Å². The lowest BCUT2D eigenvalue weighted by Crippen LogP contribution is -2.57. The fraction of sp³-hybridized carbons (Fsp3) is 0.449. The molecule has 1 unspecified atom stereocenters. The molecule has 2 aromatic heterocycles. The number of imide groups is 1. The van der Waals surface area contributed by atoms with Crippen molar-refractivity contribution in [2.75, 3.05) is 80.6 Å². The van der Waals surface area contributed by atoms with E-state index in [9.17, 15) is 14.2 Å². The van der Waals surface area contributed by atoms with Crippen molar-refractivity contribution in [3.05, 3.63) is 88.2 Å². The predicted octanol–water partition coefficient (Wildman–Crippen LogP) is 8.15. The number of pyridine rings is 1. The molecule has 1 atom stereocenters. The number of amides is 2. The van der Waals surface area contributed by atoms with E-state index in [1.165, 1.54) is 29.7 Å². The third-order valence-electron chi connectivity index (χ3n) is 13.8. The van der Waals surface area contributed by atoms with Crippen LogP contribution in [-0.4, -0.2) is 114 Å². The number of nitrogens with zero attached hydrogens (tertiary/aromatic N) is 6. The van der Waals surface area contributed by atoms with Gasteiger partial charge in [-0.15, -0.1) is 0 Å². The van der Waals surface area contributed by atoms with Gasteiger partial charge in [0.25, 0.3) is 0 Å². The summed E-state index contributed by atoms with van der Waals surface area (Å²) in [5.74, 6) is 1.82. The summed E-state index contributed by atoms with van der Waals surface area (Å²) in [5.41, 5.74) is 7.97. The molecule has 5 heterocycles. The number of carbonyl (C=O) groups excluding carboxylic acids is 2. The van der Waals surface area contributed by atoms with E-state index >= 15 is 0 Å². The maximum Gasteiger partial charge on any atom is 0.249 e. The predicted molar refractivity (Wildman–Crippen MR) is 265 cm³/mol. The number of rotatable bonds is 13. The number of aromatic nitrogens is 3. The largest absolute Gasteiger partial charge is 0.494 e. The van der Waals surface area contributed by atoms with Crippen molar-refractivity contribution in [2.24, 2.45) is 0 Å². The third kappa shape index (κ3) is 9.89. The Balaban J connectivity index is 0.780. The maximum atomic E-state index is 13.7. The van der Waals surface area contributed by atoms with Crippen LogP contribution in [0.4, 0.5) is 34.5 Å². The van der Waals surface area contributed by atoms with Crippen LogP contribution >= 0.6 is 23.1 Å². The van der Waals surface area contributed by atoms with Crippen molar-refractivity contribution in [3.63, 3.8) is 0 Å². The van der Waals surface area contributed by atoms with Crippen LogP contribution in [0.15, 0.2) is 71.3 Å². The highest BCUT2D eigenvalue weighted by atomic mass is 79.9. The molecule has 3 saturated heterocycles. The Morgan fingerprint density at radius 3 is 2.26 bits per heavy atom. The van der Waals surface area contributed by atoms with Crippen molar-refractivity contribution in [3.8, 4) is 5.75 Å². The van der Waals surface area contributed by atoms with Crippen LogP contribution in [0.5, 0.6) is 5.75 Å². The van der Waals surface area contributed by atoms with Crippen molar-refractivity contribution in [1.82, 2.24) is 30.1 Å². The van der Waals surface area contributed by atoms with E-state index in [0.717, 1.165) is 103 Å². The normalized spacial score (nSPS) is 21.2. The Morgan fingerprint density at radius 2 is 1.58 bits per heavy atom. The molecule has 4 aliphatic rings. The summed E-state index contributed by atoms with van der Waals surface area (Å²) in [6.45, 7) is 14.2. The van der Waals surface area contributed by atoms with Gasteiger partial charge < -0.3 is 30.2 Å². The molecule has 1 saturated carbocycles. The highest BCUT2D eigenvalue weighted by Crippen LogP contribution is 2.43. The maximum absolute atomic E-state index is 13.7. The Hall–Kier alpha value is -5.08. The molecule has 0 radical (unpaired) electrons. The molecule has 0 bridgehead atoms. The van der Waals surface area contributed by atoms with Gasteiger partial charge in [0.15, 0.2) is 0 Å². The molecule has 4 fully saturated rings. The number of nitrogens with one attached hydrogen (secondary N) is 4. The lowest BCUT2D eigenvalue weighted by Gasteiger charge is -2.49. The zero-order valence-corrected chi connectivity index (χ0v) is 40.5. The molecule has 5 aromatic rings. The molecular weight excluding hydrogens is 903 g/mol. The first-order chi connectivity index (χ1) is 31.3. The minimum Gasteiger partial charge on any atom is -0.494 e. The van der Waals surface area contributed by atoms with E-state index in [1.54, 1.807) is 26.6 Å². The summed E-state index contributed by atoms with van der Waals surface area (Å²) in [5, 5.41) is 14.2. The van der Waals surface area contributed by atoms with Gasteiger partial charge in [-0.1, -0.05) is 25.1 Å². The number of halogens is 1. The molecule has 9 rings (SSSR count). The fourth-order valence-corrected chi connectivity index (χ4v) is 11.9. The highest BCUT2D eigenvalue weighted by Gasteiger charge is 2.37. The first kappa shape index (κ1) is 45.1. The van der Waals surface area contributed by atoms with Gasteiger partial charge in [-0.05, 0) is 128 Å². The molecule has 16 heteroatoms. The van der Waals surface area contributed by atoms with E-state index in [-0.39, 0.29) is 17.9 Å². The summed E-state index contributed by atoms with van der Waals surface area (Å²) in [4.78, 5) is 45.8. The van der Waals surface area contributed by atoms with Crippen molar-refractivity contribution in [1.29, 1.82) is 0 Å². The molecule has 4 N–H and O–H groups in total. The number of benzene rings is 3. The Bertz CT molecular complexity index is 2620. The summed E-state index contributed by atoms with van der Waals surface area (Å²) in [7, 11) is -1.02. The quantitative estimate of drug-likeness (QED) is 0.0663. The van der Waals surface area contributed by atoms with Gasteiger partial charge >= 0.3 is 0 Å².